The van der Waals surface area contributed by atoms with E-state index in [0.29, 0.717) is 17.8 Å². The minimum absolute atomic E-state index is 0.0560. The highest BCUT2D eigenvalue weighted by molar-refractivity contribution is 5.58. The Morgan fingerprint density at radius 1 is 1.58 bits per heavy atom. The average molecular weight is 265 g/mol. The topological polar surface area (TPSA) is 84.2 Å². The summed E-state index contributed by atoms with van der Waals surface area (Å²) in [4.78, 5) is 20.8. The first-order valence-electron chi connectivity index (χ1n) is 6.61. The van der Waals surface area contributed by atoms with E-state index in [1.54, 1.807) is 0 Å². The fourth-order valence-electron chi connectivity index (χ4n) is 1.71. The number of unbranched alkanes of at least 4 members (excludes halogenated alkanes) is 1. The first-order chi connectivity index (χ1) is 9.11. The third-order valence-electron chi connectivity index (χ3n) is 3.06. The molecule has 1 aliphatic rings. The van der Waals surface area contributed by atoms with Gasteiger partial charge in [-0.3, -0.25) is 10.1 Å². The molecular formula is C12H19N5O2. The van der Waals surface area contributed by atoms with Gasteiger partial charge < -0.3 is 10.2 Å². The highest BCUT2D eigenvalue weighted by Gasteiger charge is 2.26. The summed E-state index contributed by atoms with van der Waals surface area (Å²) in [5, 5.41) is 14.0. The van der Waals surface area contributed by atoms with Crippen molar-refractivity contribution in [3.05, 3.63) is 16.3 Å². The zero-order valence-electron chi connectivity index (χ0n) is 11.3. The first kappa shape index (κ1) is 13.5. The Labute approximate surface area is 112 Å². The molecular weight excluding hydrogens is 246 g/mol. The summed E-state index contributed by atoms with van der Waals surface area (Å²) in [6.45, 7) is 2.96. The minimum atomic E-state index is -0.444. The van der Waals surface area contributed by atoms with Crippen molar-refractivity contribution in [2.45, 2.75) is 38.6 Å². The van der Waals surface area contributed by atoms with Crippen LogP contribution in [0.25, 0.3) is 0 Å². The Kier molecular flexibility index (Phi) is 4.13. The summed E-state index contributed by atoms with van der Waals surface area (Å²) in [6.07, 6.45) is 5.51. The molecule has 0 bridgehead atoms. The molecule has 7 nitrogen and oxygen atoms in total. The van der Waals surface area contributed by atoms with E-state index in [4.69, 9.17) is 0 Å². The molecule has 0 unspecified atom stereocenters. The van der Waals surface area contributed by atoms with E-state index in [2.05, 4.69) is 22.2 Å². The largest absolute Gasteiger partial charge is 0.361 e. The predicted octanol–water partition coefficient (Wildman–Crippen LogP) is 2.20. The van der Waals surface area contributed by atoms with Crippen LogP contribution >= 0.6 is 0 Å². The van der Waals surface area contributed by atoms with Crippen molar-refractivity contribution >= 4 is 17.5 Å². The monoisotopic (exact) mass is 265 g/mol. The molecule has 1 heterocycles. The number of nitrogens with one attached hydrogen (secondary N) is 1. The molecule has 0 amide bonds. The lowest BCUT2D eigenvalue weighted by Crippen LogP contribution is -2.21. The SMILES string of the molecule is CCCCN(C)c1ncc([N+](=O)[O-])c(NC2CC2)n1. The standard InChI is InChI=1S/C12H19N5O2/c1-3-4-7-16(2)12-13-8-10(17(18)19)11(15-12)14-9-5-6-9/h8-9H,3-7H2,1-2H3,(H,13,14,15). The Morgan fingerprint density at radius 2 is 2.32 bits per heavy atom. The molecule has 0 spiro atoms. The van der Waals surface area contributed by atoms with E-state index in [1.807, 2.05) is 11.9 Å². The lowest BCUT2D eigenvalue weighted by atomic mass is 10.3. The second-order valence-corrected chi connectivity index (χ2v) is 4.85. The molecule has 0 aliphatic heterocycles. The van der Waals surface area contributed by atoms with E-state index < -0.39 is 4.92 Å². The Balaban J connectivity index is 2.18. The number of nitro groups is 1. The second-order valence-electron chi connectivity index (χ2n) is 4.85. The van der Waals surface area contributed by atoms with Gasteiger partial charge in [-0.05, 0) is 19.3 Å². The fraction of sp³-hybridized carbons (Fsp3) is 0.667. The second kappa shape index (κ2) is 5.81. The molecule has 0 saturated heterocycles. The molecule has 1 saturated carbocycles. The Bertz CT molecular complexity index is 461. The molecule has 1 aliphatic carbocycles. The van der Waals surface area contributed by atoms with E-state index in [9.17, 15) is 10.1 Å². The summed E-state index contributed by atoms with van der Waals surface area (Å²) in [6, 6.07) is 0.322. The maximum Gasteiger partial charge on any atom is 0.329 e. The minimum Gasteiger partial charge on any atom is -0.361 e. The van der Waals surface area contributed by atoms with Crippen LogP contribution in [0.2, 0.25) is 0 Å². The quantitative estimate of drug-likeness (QED) is 0.601. The molecule has 0 atom stereocenters. The molecule has 0 aromatic carbocycles. The van der Waals surface area contributed by atoms with Crippen LogP contribution in [0.5, 0.6) is 0 Å². The predicted molar refractivity (Wildman–Crippen MR) is 73.5 cm³/mol. The van der Waals surface area contributed by atoms with Crippen molar-refractivity contribution in [3.63, 3.8) is 0 Å². The lowest BCUT2D eigenvalue weighted by Gasteiger charge is -2.17. The van der Waals surface area contributed by atoms with Gasteiger partial charge in [-0.2, -0.15) is 4.98 Å². The van der Waals surface area contributed by atoms with E-state index in [0.717, 1.165) is 32.2 Å². The Morgan fingerprint density at radius 3 is 2.89 bits per heavy atom. The van der Waals surface area contributed by atoms with Crippen molar-refractivity contribution in [1.82, 2.24) is 9.97 Å². The maximum atomic E-state index is 10.9. The molecule has 19 heavy (non-hydrogen) atoms. The van der Waals surface area contributed by atoms with E-state index >= 15 is 0 Å². The maximum absolute atomic E-state index is 10.9. The van der Waals surface area contributed by atoms with Gasteiger partial charge in [0.1, 0.15) is 6.20 Å². The van der Waals surface area contributed by atoms with Gasteiger partial charge in [0.05, 0.1) is 4.92 Å². The van der Waals surface area contributed by atoms with Crippen LogP contribution in [0.3, 0.4) is 0 Å². The number of aromatic nitrogens is 2. The Hall–Kier alpha value is -1.92. The highest BCUT2D eigenvalue weighted by Crippen LogP contribution is 2.29. The number of hydrogen-bond donors (Lipinski definition) is 1. The van der Waals surface area contributed by atoms with Crippen LogP contribution in [0.1, 0.15) is 32.6 Å². The summed E-state index contributed by atoms with van der Waals surface area (Å²) < 4.78 is 0. The van der Waals surface area contributed by atoms with Crippen molar-refractivity contribution < 1.29 is 4.92 Å². The van der Waals surface area contributed by atoms with E-state index in [-0.39, 0.29) is 5.69 Å². The van der Waals surface area contributed by atoms with Gasteiger partial charge >= 0.3 is 5.69 Å². The molecule has 1 aromatic heterocycles. The molecule has 1 fully saturated rings. The van der Waals surface area contributed by atoms with E-state index in [1.165, 1.54) is 6.20 Å². The van der Waals surface area contributed by atoms with Crippen LogP contribution in [0.4, 0.5) is 17.5 Å². The van der Waals surface area contributed by atoms with Gasteiger partial charge in [0.2, 0.25) is 11.8 Å². The van der Waals surface area contributed by atoms with Gasteiger partial charge in [0.15, 0.2) is 0 Å². The van der Waals surface area contributed by atoms with Gasteiger partial charge in [-0.25, -0.2) is 4.98 Å². The van der Waals surface area contributed by atoms with Crippen LogP contribution < -0.4 is 10.2 Å². The summed E-state index contributed by atoms with van der Waals surface area (Å²) >= 11 is 0. The molecule has 1 aromatic rings. The fourth-order valence-corrected chi connectivity index (χ4v) is 1.71. The van der Waals surface area contributed by atoms with Crippen molar-refractivity contribution in [3.8, 4) is 0 Å². The summed E-state index contributed by atoms with van der Waals surface area (Å²) in [7, 11) is 1.90. The molecule has 0 radical (unpaired) electrons. The van der Waals surface area contributed by atoms with Crippen LogP contribution in [0, 0.1) is 10.1 Å². The number of anilines is 2. The molecule has 104 valence electrons. The average Bonchev–Trinajstić information content (AvgIpc) is 3.19. The smallest absolute Gasteiger partial charge is 0.329 e. The van der Waals surface area contributed by atoms with Gasteiger partial charge in [0, 0.05) is 19.6 Å². The number of hydrogen-bond acceptors (Lipinski definition) is 6. The molecule has 2 rings (SSSR count). The third kappa shape index (κ3) is 3.52. The van der Waals surface area contributed by atoms with Gasteiger partial charge in [0.25, 0.3) is 0 Å². The normalized spacial score (nSPS) is 14.2. The molecule has 7 heteroatoms. The van der Waals surface area contributed by atoms with Crippen molar-refractivity contribution in [2.75, 3.05) is 23.8 Å². The van der Waals surface area contributed by atoms with Crippen LogP contribution in [-0.4, -0.2) is 34.5 Å². The third-order valence-corrected chi connectivity index (χ3v) is 3.06. The highest BCUT2D eigenvalue weighted by atomic mass is 16.6. The van der Waals surface area contributed by atoms with Crippen molar-refractivity contribution in [1.29, 1.82) is 0 Å². The summed E-state index contributed by atoms with van der Waals surface area (Å²) in [5.41, 5.74) is -0.0560. The summed E-state index contributed by atoms with van der Waals surface area (Å²) in [5.74, 6) is 0.864. The zero-order valence-corrected chi connectivity index (χ0v) is 11.3. The first-order valence-corrected chi connectivity index (χ1v) is 6.61. The van der Waals surface area contributed by atoms with Gasteiger partial charge in [-0.1, -0.05) is 13.3 Å². The lowest BCUT2D eigenvalue weighted by molar-refractivity contribution is -0.384. The van der Waals surface area contributed by atoms with Crippen LogP contribution in [-0.2, 0) is 0 Å². The van der Waals surface area contributed by atoms with Gasteiger partial charge in [-0.15, -0.1) is 0 Å². The van der Waals surface area contributed by atoms with Crippen molar-refractivity contribution in [2.24, 2.45) is 0 Å². The number of rotatable bonds is 7. The number of nitrogens with zero attached hydrogens (tertiary/aromatic N) is 4. The van der Waals surface area contributed by atoms with Crippen LogP contribution in [0.15, 0.2) is 6.20 Å². The molecule has 1 N–H and O–H groups in total. The zero-order chi connectivity index (χ0) is 13.8.